The zero-order valence-electron chi connectivity index (χ0n) is 18.3. The number of esters is 1. The van der Waals surface area contributed by atoms with Gasteiger partial charge in [-0.2, -0.15) is 0 Å². The van der Waals surface area contributed by atoms with Gasteiger partial charge in [0.15, 0.2) is 0 Å². The number of hydrogen-bond donors (Lipinski definition) is 2. The first kappa shape index (κ1) is 23.8. The van der Waals surface area contributed by atoms with Gasteiger partial charge in [0.25, 0.3) is 0 Å². The third-order valence-corrected chi connectivity index (χ3v) is 6.95. The average molecular weight is 456 g/mol. The van der Waals surface area contributed by atoms with E-state index in [2.05, 4.69) is 10.2 Å². The molecule has 168 valence electrons. The summed E-state index contributed by atoms with van der Waals surface area (Å²) in [6, 6.07) is 6.32. The number of hydrogen-bond acceptors (Lipinski definition) is 5. The molecule has 7 heteroatoms. The molecule has 0 aliphatic carbocycles. The molecule has 2 fully saturated rings. The second-order valence-corrected chi connectivity index (χ2v) is 10.6. The third-order valence-electron chi connectivity index (χ3n) is 6.21. The van der Waals surface area contributed by atoms with Gasteiger partial charge < -0.3 is 15.8 Å². The number of nitrogens with zero attached hydrogens (tertiary/aromatic N) is 1. The number of ether oxygens (including phenoxy) is 1. The molecule has 0 spiro atoms. The Kier molecular flexibility index (Phi) is 8.08. The Hall–Kier alpha value is -0.850. The van der Waals surface area contributed by atoms with Gasteiger partial charge in [-0.15, -0.1) is 0 Å². The normalized spacial score (nSPS) is 28.3. The number of nitrogens with two attached hydrogens (primary N) is 1. The van der Waals surface area contributed by atoms with Gasteiger partial charge in [0, 0.05) is 31.1 Å². The average Bonchev–Trinajstić information content (AvgIpc) is 2.69. The van der Waals surface area contributed by atoms with Crippen LogP contribution in [-0.2, 0) is 9.53 Å². The molecule has 30 heavy (non-hydrogen) atoms. The van der Waals surface area contributed by atoms with Gasteiger partial charge >= 0.3 is 5.97 Å². The van der Waals surface area contributed by atoms with Crippen LogP contribution >= 0.6 is 23.2 Å². The molecule has 5 nitrogen and oxygen atoms in total. The van der Waals surface area contributed by atoms with Crippen molar-refractivity contribution in [1.82, 2.24) is 10.2 Å². The molecule has 2 saturated heterocycles. The highest BCUT2D eigenvalue weighted by Crippen LogP contribution is 2.32. The van der Waals surface area contributed by atoms with Gasteiger partial charge in [-0.3, -0.25) is 9.69 Å². The zero-order valence-corrected chi connectivity index (χ0v) is 19.8. The van der Waals surface area contributed by atoms with Gasteiger partial charge in [-0.25, -0.2) is 0 Å². The molecule has 4 atom stereocenters. The number of carbonyl (C=O) groups is 1. The number of benzene rings is 1. The van der Waals surface area contributed by atoms with Gasteiger partial charge in [0.2, 0.25) is 0 Å². The summed E-state index contributed by atoms with van der Waals surface area (Å²) in [5.74, 6) is 0.162. The van der Waals surface area contributed by atoms with Gasteiger partial charge in [0.05, 0.1) is 15.5 Å². The van der Waals surface area contributed by atoms with E-state index >= 15 is 0 Å². The molecule has 2 aliphatic rings. The van der Waals surface area contributed by atoms with Crippen molar-refractivity contribution in [3.63, 3.8) is 0 Å². The Morgan fingerprint density at radius 2 is 2.07 bits per heavy atom. The van der Waals surface area contributed by atoms with Crippen molar-refractivity contribution in [2.24, 2.45) is 11.1 Å². The zero-order chi connectivity index (χ0) is 21.9. The molecule has 2 heterocycles. The topological polar surface area (TPSA) is 67.6 Å². The lowest BCUT2D eigenvalue weighted by atomic mass is 9.82. The molecule has 2 unspecified atom stereocenters. The summed E-state index contributed by atoms with van der Waals surface area (Å²) < 4.78 is 5.75. The van der Waals surface area contributed by atoms with Crippen LogP contribution in [-0.4, -0.2) is 55.2 Å². The molecular weight excluding hydrogens is 421 g/mol. The fourth-order valence-corrected chi connectivity index (χ4v) is 4.64. The maximum Gasteiger partial charge on any atom is 0.311 e. The second-order valence-electron chi connectivity index (χ2n) is 9.79. The van der Waals surface area contributed by atoms with E-state index in [1.807, 2.05) is 39.0 Å². The van der Waals surface area contributed by atoms with Crippen LogP contribution in [0.2, 0.25) is 10.0 Å². The summed E-state index contributed by atoms with van der Waals surface area (Å²) in [7, 11) is 0. The minimum Gasteiger partial charge on any atom is -0.461 e. The van der Waals surface area contributed by atoms with Gasteiger partial charge in [-0.05, 0) is 77.2 Å². The van der Waals surface area contributed by atoms with E-state index in [4.69, 9.17) is 33.7 Å². The van der Waals surface area contributed by atoms with Crippen LogP contribution in [0, 0.1) is 5.41 Å². The Bertz CT molecular complexity index is 738. The Morgan fingerprint density at radius 1 is 1.30 bits per heavy atom. The number of likely N-dealkylation sites (tertiary alicyclic amines) is 1. The molecule has 0 amide bonds. The van der Waals surface area contributed by atoms with Crippen LogP contribution in [0.4, 0.5) is 0 Å². The standard InChI is InChI=1S/C23H35Cl2N3O2/c1-23(2,3)22(29)30-17-5-4-9-28(14-17)10-8-16-12-18(21(26)13-27-16)15-6-7-19(24)20(25)11-15/h6-7,11,16-18,21,27H,4-5,8-10,12-14,26H2,1-3H3/t16?,17?,18-,21+/m0/s1. The van der Waals surface area contributed by atoms with Crippen LogP contribution in [0.3, 0.4) is 0 Å². The summed E-state index contributed by atoms with van der Waals surface area (Å²) in [6.45, 7) is 9.38. The molecule has 0 radical (unpaired) electrons. The van der Waals surface area contributed by atoms with E-state index in [0.717, 1.165) is 57.4 Å². The van der Waals surface area contributed by atoms with E-state index in [-0.39, 0.29) is 24.0 Å². The van der Waals surface area contributed by atoms with E-state index in [1.165, 1.54) is 0 Å². The minimum absolute atomic E-state index is 0.00201. The Morgan fingerprint density at radius 3 is 2.77 bits per heavy atom. The number of halogens is 2. The van der Waals surface area contributed by atoms with Crippen LogP contribution in [0.15, 0.2) is 18.2 Å². The molecule has 2 aliphatic heterocycles. The summed E-state index contributed by atoms with van der Waals surface area (Å²) in [5, 5.41) is 4.76. The minimum atomic E-state index is -0.452. The highest BCUT2D eigenvalue weighted by molar-refractivity contribution is 6.42. The van der Waals surface area contributed by atoms with Crippen molar-refractivity contribution < 1.29 is 9.53 Å². The number of carbonyl (C=O) groups excluding carboxylic acids is 1. The first-order valence-corrected chi connectivity index (χ1v) is 11.8. The van der Waals surface area contributed by atoms with E-state index < -0.39 is 5.41 Å². The number of nitrogens with one attached hydrogen (secondary N) is 1. The van der Waals surface area contributed by atoms with Crippen molar-refractivity contribution in [3.05, 3.63) is 33.8 Å². The molecule has 3 N–H and O–H groups in total. The van der Waals surface area contributed by atoms with Crippen molar-refractivity contribution in [3.8, 4) is 0 Å². The van der Waals surface area contributed by atoms with Crippen LogP contribution in [0.5, 0.6) is 0 Å². The van der Waals surface area contributed by atoms with E-state index in [9.17, 15) is 4.79 Å². The molecule has 3 rings (SSSR count). The van der Waals surface area contributed by atoms with Crippen molar-refractivity contribution >= 4 is 29.2 Å². The fraction of sp³-hybridized carbons (Fsp3) is 0.696. The smallest absolute Gasteiger partial charge is 0.311 e. The maximum absolute atomic E-state index is 12.2. The van der Waals surface area contributed by atoms with Crippen LogP contribution < -0.4 is 11.1 Å². The van der Waals surface area contributed by atoms with E-state index in [0.29, 0.717) is 16.1 Å². The third kappa shape index (κ3) is 6.33. The monoisotopic (exact) mass is 455 g/mol. The Balaban J connectivity index is 1.51. The lowest BCUT2D eigenvalue weighted by Crippen LogP contribution is -2.51. The van der Waals surface area contributed by atoms with Crippen molar-refractivity contribution in [1.29, 1.82) is 0 Å². The summed E-state index contributed by atoms with van der Waals surface area (Å²) >= 11 is 12.3. The van der Waals surface area contributed by atoms with E-state index in [1.54, 1.807) is 0 Å². The van der Waals surface area contributed by atoms with Crippen LogP contribution in [0.1, 0.15) is 57.9 Å². The quantitative estimate of drug-likeness (QED) is 0.650. The number of rotatable bonds is 5. The van der Waals surface area contributed by atoms with Crippen molar-refractivity contribution in [2.45, 2.75) is 70.6 Å². The highest BCUT2D eigenvalue weighted by Gasteiger charge is 2.31. The molecule has 0 bridgehead atoms. The molecular formula is C23H35Cl2N3O2. The predicted octanol–water partition coefficient (Wildman–Crippen LogP) is 4.21. The SMILES string of the molecule is CC(C)(C)C(=O)OC1CCCN(CCC2C[C@@H](c3ccc(Cl)c(Cl)c3)[C@H](N)CN2)C1. The fourth-order valence-electron chi connectivity index (χ4n) is 4.33. The summed E-state index contributed by atoms with van der Waals surface area (Å²) in [5.41, 5.74) is 7.11. The highest BCUT2D eigenvalue weighted by atomic mass is 35.5. The summed E-state index contributed by atoms with van der Waals surface area (Å²) in [4.78, 5) is 14.6. The lowest BCUT2D eigenvalue weighted by molar-refractivity contribution is -0.161. The molecule has 0 aromatic heterocycles. The Labute approximate surface area is 190 Å². The molecule has 1 aromatic carbocycles. The van der Waals surface area contributed by atoms with Gasteiger partial charge in [-0.1, -0.05) is 29.3 Å². The van der Waals surface area contributed by atoms with Crippen LogP contribution in [0.25, 0.3) is 0 Å². The maximum atomic E-state index is 12.2. The number of piperidine rings is 2. The predicted molar refractivity (Wildman–Crippen MR) is 123 cm³/mol. The largest absolute Gasteiger partial charge is 0.461 e. The second kappa shape index (κ2) is 10.2. The lowest BCUT2D eigenvalue weighted by Gasteiger charge is -2.38. The molecule has 1 aromatic rings. The molecule has 0 saturated carbocycles. The van der Waals surface area contributed by atoms with Crippen molar-refractivity contribution in [2.75, 3.05) is 26.2 Å². The van der Waals surface area contributed by atoms with Gasteiger partial charge in [0.1, 0.15) is 6.10 Å². The first-order chi connectivity index (χ1) is 14.1. The summed E-state index contributed by atoms with van der Waals surface area (Å²) in [6.07, 6.45) is 4.05. The first-order valence-electron chi connectivity index (χ1n) is 11.0.